The lowest BCUT2D eigenvalue weighted by atomic mass is 10.1. The van der Waals surface area contributed by atoms with Gasteiger partial charge in [-0.25, -0.2) is 4.79 Å². The zero-order valence-electron chi connectivity index (χ0n) is 14.3. The first-order valence-corrected chi connectivity index (χ1v) is 9.21. The van der Waals surface area contributed by atoms with Crippen molar-refractivity contribution in [2.24, 2.45) is 5.92 Å². The smallest absolute Gasteiger partial charge is 0.325 e. The highest BCUT2D eigenvalue weighted by molar-refractivity contribution is 6.03. The van der Waals surface area contributed by atoms with Gasteiger partial charge in [-0.1, -0.05) is 25.7 Å². The van der Waals surface area contributed by atoms with Crippen molar-refractivity contribution in [2.75, 3.05) is 32.7 Å². The van der Waals surface area contributed by atoms with E-state index in [1.807, 2.05) is 0 Å². The van der Waals surface area contributed by atoms with Crippen molar-refractivity contribution in [3.05, 3.63) is 0 Å². The molecular formula is C17H28N4O3. The summed E-state index contributed by atoms with van der Waals surface area (Å²) in [6, 6.07) is 0.253. The first kappa shape index (κ1) is 17.2. The molecule has 4 amide bonds. The van der Waals surface area contributed by atoms with Crippen LogP contribution in [0.15, 0.2) is 0 Å². The van der Waals surface area contributed by atoms with Gasteiger partial charge in [0.05, 0.1) is 0 Å². The predicted molar refractivity (Wildman–Crippen MR) is 89.3 cm³/mol. The fraction of sp³-hybridized carbons (Fsp3) is 0.824. The highest BCUT2D eigenvalue weighted by Gasteiger charge is 2.30. The molecule has 1 saturated carbocycles. The molecule has 1 aliphatic carbocycles. The van der Waals surface area contributed by atoms with E-state index >= 15 is 0 Å². The Morgan fingerprint density at radius 1 is 1.12 bits per heavy atom. The number of likely N-dealkylation sites (tertiary alicyclic amines) is 1. The fourth-order valence-corrected chi connectivity index (χ4v) is 4.08. The Kier molecular flexibility index (Phi) is 5.71. The first-order chi connectivity index (χ1) is 11.6. The molecule has 0 unspecified atom stereocenters. The summed E-state index contributed by atoms with van der Waals surface area (Å²) in [7, 11) is 0. The van der Waals surface area contributed by atoms with E-state index in [4.69, 9.17) is 0 Å². The van der Waals surface area contributed by atoms with E-state index in [1.54, 1.807) is 0 Å². The second-order valence-corrected chi connectivity index (χ2v) is 7.31. The van der Waals surface area contributed by atoms with E-state index < -0.39 is 6.03 Å². The van der Waals surface area contributed by atoms with Crippen molar-refractivity contribution in [3.8, 4) is 0 Å². The molecular weight excluding hydrogens is 308 g/mol. The largest absolute Gasteiger partial charge is 0.354 e. The van der Waals surface area contributed by atoms with Crippen molar-refractivity contribution in [2.45, 2.75) is 51.0 Å². The van der Waals surface area contributed by atoms with Crippen LogP contribution in [0.3, 0.4) is 0 Å². The molecule has 134 valence electrons. The Morgan fingerprint density at radius 2 is 1.88 bits per heavy atom. The average molecular weight is 336 g/mol. The van der Waals surface area contributed by atoms with E-state index in [0.29, 0.717) is 12.5 Å². The molecule has 0 bridgehead atoms. The third kappa shape index (κ3) is 4.47. The van der Waals surface area contributed by atoms with Crippen molar-refractivity contribution < 1.29 is 14.4 Å². The Bertz CT molecular complexity index is 488. The van der Waals surface area contributed by atoms with Crippen LogP contribution in [-0.2, 0) is 9.59 Å². The second kappa shape index (κ2) is 7.96. The van der Waals surface area contributed by atoms with Gasteiger partial charge >= 0.3 is 6.03 Å². The van der Waals surface area contributed by atoms with Gasteiger partial charge in [0.25, 0.3) is 0 Å². The Hall–Kier alpha value is -1.63. The maximum Gasteiger partial charge on any atom is 0.325 e. The van der Waals surface area contributed by atoms with Crippen LogP contribution in [0.5, 0.6) is 0 Å². The number of carbonyl (C=O) groups is 3. The molecule has 3 aliphatic rings. The highest BCUT2D eigenvalue weighted by atomic mass is 16.2. The number of rotatable bonds is 5. The topological polar surface area (TPSA) is 81.8 Å². The number of nitrogens with one attached hydrogen (secondary N) is 2. The minimum absolute atomic E-state index is 0.0227. The molecule has 0 radical (unpaired) electrons. The number of amides is 4. The lowest BCUT2D eigenvalue weighted by Crippen LogP contribution is -2.41. The van der Waals surface area contributed by atoms with Crippen LogP contribution in [0.2, 0.25) is 0 Å². The summed E-state index contributed by atoms with van der Waals surface area (Å²) < 4.78 is 0. The monoisotopic (exact) mass is 336 g/mol. The molecule has 2 N–H and O–H groups in total. The minimum atomic E-state index is -0.476. The van der Waals surface area contributed by atoms with Crippen molar-refractivity contribution in [1.29, 1.82) is 0 Å². The van der Waals surface area contributed by atoms with Crippen molar-refractivity contribution >= 4 is 17.8 Å². The van der Waals surface area contributed by atoms with Crippen LogP contribution in [0.4, 0.5) is 4.79 Å². The minimum Gasteiger partial charge on any atom is -0.354 e. The van der Waals surface area contributed by atoms with Gasteiger partial charge in [0.15, 0.2) is 0 Å². The maximum atomic E-state index is 12.0. The van der Waals surface area contributed by atoms with E-state index in [1.165, 1.54) is 43.4 Å². The Labute approximate surface area is 143 Å². The molecule has 0 aromatic carbocycles. The van der Waals surface area contributed by atoms with Gasteiger partial charge < -0.3 is 15.1 Å². The summed E-state index contributed by atoms with van der Waals surface area (Å²) >= 11 is 0. The Morgan fingerprint density at radius 3 is 2.54 bits per heavy atom. The van der Waals surface area contributed by atoms with Crippen molar-refractivity contribution in [1.82, 2.24) is 20.4 Å². The summed E-state index contributed by atoms with van der Waals surface area (Å²) in [5.41, 5.74) is 0. The summed E-state index contributed by atoms with van der Waals surface area (Å²) in [5, 5.41) is 5.10. The summed E-state index contributed by atoms with van der Waals surface area (Å²) in [5.74, 6) is -0.0401. The van der Waals surface area contributed by atoms with E-state index in [9.17, 15) is 14.4 Å². The predicted octanol–water partition coefficient (Wildman–Crippen LogP) is 0.699. The molecule has 0 aromatic heterocycles. The van der Waals surface area contributed by atoms with Crippen LogP contribution in [0.1, 0.15) is 44.9 Å². The second-order valence-electron chi connectivity index (χ2n) is 7.31. The molecule has 0 spiro atoms. The normalized spacial score (nSPS) is 26.5. The molecule has 2 aliphatic heterocycles. The number of urea groups is 1. The van der Waals surface area contributed by atoms with Gasteiger partial charge in [-0.15, -0.1) is 0 Å². The summed E-state index contributed by atoms with van der Waals surface area (Å²) in [4.78, 5) is 38.4. The summed E-state index contributed by atoms with van der Waals surface area (Å²) in [6.45, 7) is 2.79. The SMILES string of the molecule is O=C(CN1CC(=O)NC1=O)NC[C@H]1CCN(C2CCCCCC2)C1. The molecule has 0 aromatic rings. The zero-order chi connectivity index (χ0) is 16.9. The Balaban J connectivity index is 1.37. The third-order valence-electron chi connectivity index (χ3n) is 5.45. The first-order valence-electron chi connectivity index (χ1n) is 9.21. The fourth-order valence-electron chi connectivity index (χ4n) is 4.08. The van der Waals surface area contributed by atoms with Crippen LogP contribution in [0.25, 0.3) is 0 Å². The zero-order valence-corrected chi connectivity index (χ0v) is 14.3. The van der Waals surface area contributed by atoms with Crippen LogP contribution in [0, 0.1) is 5.92 Å². The average Bonchev–Trinajstić information content (AvgIpc) is 3.02. The molecule has 2 heterocycles. The van der Waals surface area contributed by atoms with Gasteiger partial charge in [0.1, 0.15) is 13.1 Å². The lowest BCUT2D eigenvalue weighted by Gasteiger charge is -2.26. The van der Waals surface area contributed by atoms with Crippen LogP contribution in [-0.4, -0.2) is 66.4 Å². The molecule has 24 heavy (non-hydrogen) atoms. The number of imide groups is 1. The van der Waals surface area contributed by atoms with Gasteiger partial charge in [-0.2, -0.15) is 0 Å². The van der Waals surface area contributed by atoms with Crippen LogP contribution < -0.4 is 10.6 Å². The van der Waals surface area contributed by atoms with E-state index in [2.05, 4.69) is 15.5 Å². The van der Waals surface area contributed by atoms with Gasteiger partial charge in [-0.05, 0) is 31.7 Å². The molecule has 1 atom stereocenters. The number of carbonyl (C=O) groups excluding carboxylic acids is 3. The van der Waals surface area contributed by atoms with E-state index in [-0.39, 0.29) is 24.9 Å². The molecule has 3 rings (SSSR count). The van der Waals surface area contributed by atoms with Gasteiger partial charge in [-0.3, -0.25) is 14.9 Å². The third-order valence-corrected chi connectivity index (χ3v) is 5.45. The van der Waals surface area contributed by atoms with Gasteiger partial charge in [0, 0.05) is 19.1 Å². The summed E-state index contributed by atoms with van der Waals surface area (Å²) in [6.07, 6.45) is 9.19. The standard InChI is InChI=1S/C17H28N4O3/c22-15(11-21-12-16(23)19-17(21)24)18-9-13-7-8-20(10-13)14-5-3-1-2-4-6-14/h13-14H,1-12H2,(H,18,22)(H,19,23,24)/t13-/m1/s1. The number of hydrogen-bond acceptors (Lipinski definition) is 4. The van der Waals surface area contributed by atoms with Gasteiger partial charge in [0.2, 0.25) is 11.8 Å². The molecule has 7 nitrogen and oxygen atoms in total. The lowest BCUT2D eigenvalue weighted by molar-refractivity contribution is -0.122. The number of hydrogen-bond donors (Lipinski definition) is 2. The maximum absolute atomic E-state index is 12.0. The number of nitrogens with zero attached hydrogens (tertiary/aromatic N) is 2. The quantitative estimate of drug-likeness (QED) is 0.572. The molecule has 3 fully saturated rings. The van der Waals surface area contributed by atoms with Crippen molar-refractivity contribution in [3.63, 3.8) is 0 Å². The highest BCUT2D eigenvalue weighted by Crippen LogP contribution is 2.26. The van der Waals surface area contributed by atoms with E-state index in [0.717, 1.165) is 25.6 Å². The molecule has 2 saturated heterocycles. The van der Waals surface area contributed by atoms with Crippen LogP contribution >= 0.6 is 0 Å². The molecule has 7 heteroatoms.